The van der Waals surface area contributed by atoms with E-state index in [2.05, 4.69) is 10.6 Å². The minimum Gasteiger partial charge on any atom is -0.461 e. The molecule has 0 bridgehead atoms. The summed E-state index contributed by atoms with van der Waals surface area (Å²) in [6.45, 7) is 0. The molecule has 0 aliphatic carbocycles. The maximum atomic E-state index is 12.7. The summed E-state index contributed by atoms with van der Waals surface area (Å²) in [6, 6.07) is 9.03. The number of nitro groups is 1. The van der Waals surface area contributed by atoms with Gasteiger partial charge in [-0.15, -0.1) is 0 Å². The summed E-state index contributed by atoms with van der Waals surface area (Å²) in [7, 11) is 0. The molecule has 0 fully saturated rings. The SMILES string of the molecule is O=C1C2=C(Nc3cc([N+](=O)[O-])ccc3N2)O[C@H]1c1ccc(Cl)cc1Cl. The lowest BCUT2D eigenvalue weighted by atomic mass is 10.0. The lowest BCUT2D eigenvalue weighted by Gasteiger charge is -2.19. The Morgan fingerprint density at radius 3 is 2.60 bits per heavy atom. The van der Waals surface area contributed by atoms with Crippen LogP contribution in [0, 0.1) is 10.1 Å². The van der Waals surface area contributed by atoms with Gasteiger partial charge in [-0.3, -0.25) is 14.9 Å². The van der Waals surface area contributed by atoms with Crippen LogP contribution in [0.15, 0.2) is 48.0 Å². The number of fused-ring (bicyclic) bond motifs is 1. The van der Waals surface area contributed by atoms with E-state index in [0.717, 1.165) is 0 Å². The van der Waals surface area contributed by atoms with Gasteiger partial charge in [0.25, 0.3) is 5.69 Å². The molecule has 126 valence electrons. The molecule has 0 spiro atoms. The zero-order chi connectivity index (χ0) is 17.7. The summed E-state index contributed by atoms with van der Waals surface area (Å²) in [5, 5.41) is 17.5. The number of nitrogens with one attached hydrogen (secondary N) is 2. The molecule has 1 atom stereocenters. The van der Waals surface area contributed by atoms with E-state index in [1.807, 2.05) is 0 Å². The first kappa shape index (κ1) is 15.7. The number of hydrogen-bond donors (Lipinski definition) is 2. The number of halogens is 2. The second kappa shape index (κ2) is 5.65. The molecule has 0 aromatic heterocycles. The first-order valence-corrected chi connectivity index (χ1v) is 7.92. The van der Waals surface area contributed by atoms with Crippen molar-refractivity contribution in [2.75, 3.05) is 10.6 Å². The number of anilines is 2. The standard InChI is InChI=1S/C16H9Cl2N3O4/c17-7-1-3-9(10(18)5-7)15-14(22)13-16(25-15)20-12-6-8(21(23)24)2-4-11(12)19-13/h1-6,15,19-20H/t15-/m0/s1. The van der Waals surface area contributed by atoms with Crippen molar-refractivity contribution in [1.82, 2.24) is 0 Å². The molecular weight excluding hydrogens is 369 g/mol. The highest BCUT2D eigenvalue weighted by molar-refractivity contribution is 6.35. The number of benzene rings is 2. The molecule has 2 aromatic carbocycles. The van der Waals surface area contributed by atoms with Gasteiger partial charge >= 0.3 is 0 Å². The summed E-state index contributed by atoms with van der Waals surface area (Å²) in [5.74, 6) is -0.0928. The number of carbonyl (C=O) groups excluding carboxylic acids is 1. The second-order valence-corrected chi connectivity index (χ2v) is 6.31. The Balaban J connectivity index is 1.66. The maximum absolute atomic E-state index is 12.7. The average molecular weight is 378 g/mol. The van der Waals surface area contributed by atoms with Crippen LogP contribution in [0.2, 0.25) is 10.0 Å². The Labute approximate surface area is 151 Å². The first-order valence-electron chi connectivity index (χ1n) is 7.16. The topological polar surface area (TPSA) is 93.5 Å². The molecule has 0 saturated carbocycles. The van der Waals surface area contributed by atoms with Gasteiger partial charge in [-0.2, -0.15) is 0 Å². The van der Waals surface area contributed by atoms with E-state index in [1.54, 1.807) is 12.1 Å². The molecule has 0 amide bonds. The molecule has 2 N–H and O–H groups in total. The van der Waals surface area contributed by atoms with E-state index < -0.39 is 11.0 Å². The largest absolute Gasteiger partial charge is 0.461 e. The number of ketones is 1. The van der Waals surface area contributed by atoms with Crippen LogP contribution in [-0.2, 0) is 9.53 Å². The molecule has 4 rings (SSSR count). The number of nitrogens with zero attached hydrogens (tertiary/aromatic N) is 1. The molecule has 7 nitrogen and oxygen atoms in total. The van der Waals surface area contributed by atoms with E-state index in [4.69, 9.17) is 27.9 Å². The van der Waals surface area contributed by atoms with Gasteiger partial charge in [0.2, 0.25) is 11.7 Å². The van der Waals surface area contributed by atoms with Crippen LogP contribution in [-0.4, -0.2) is 10.7 Å². The van der Waals surface area contributed by atoms with Crippen LogP contribution in [0.3, 0.4) is 0 Å². The van der Waals surface area contributed by atoms with Crippen molar-refractivity contribution in [3.63, 3.8) is 0 Å². The van der Waals surface area contributed by atoms with Gasteiger partial charge in [-0.1, -0.05) is 29.3 Å². The normalized spacial score (nSPS) is 18.0. The van der Waals surface area contributed by atoms with Crippen molar-refractivity contribution in [3.8, 4) is 0 Å². The predicted molar refractivity (Wildman–Crippen MR) is 92.7 cm³/mol. The van der Waals surface area contributed by atoms with Crippen LogP contribution < -0.4 is 10.6 Å². The third-order valence-electron chi connectivity index (χ3n) is 3.91. The average Bonchev–Trinajstić information content (AvgIpc) is 2.88. The highest BCUT2D eigenvalue weighted by Crippen LogP contribution is 2.42. The Bertz CT molecular complexity index is 974. The number of hydrogen-bond acceptors (Lipinski definition) is 6. The Kier molecular flexibility index (Phi) is 3.55. The van der Waals surface area contributed by atoms with Crippen molar-refractivity contribution in [2.45, 2.75) is 6.10 Å². The van der Waals surface area contributed by atoms with Crippen molar-refractivity contribution in [1.29, 1.82) is 0 Å². The summed E-state index contributed by atoms with van der Waals surface area (Å²) in [4.78, 5) is 23.1. The van der Waals surface area contributed by atoms with Crippen molar-refractivity contribution in [2.24, 2.45) is 0 Å². The van der Waals surface area contributed by atoms with E-state index in [9.17, 15) is 14.9 Å². The third-order valence-corrected chi connectivity index (χ3v) is 4.48. The lowest BCUT2D eigenvalue weighted by Crippen LogP contribution is -2.18. The predicted octanol–water partition coefficient (Wildman–Crippen LogP) is 4.25. The monoisotopic (exact) mass is 377 g/mol. The minimum atomic E-state index is -0.918. The molecule has 9 heteroatoms. The van der Waals surface area contributed by atoms with Gasteiger partial charge in [-0.05, 0) is 18.2 Å². The van der Waals surface area contributed by atoms with Gasteiger partial charge in [0.1, 0.15) is 5.70 Å². The second-order valence-electron chi connectivity index (χ2n) is 5.47. The smallest absolute Gasteiger partial charge is 0.271 e. The molecule has 2 aromatic rings. The van der Waals surface area contributed by atoms with Crippen LogP contribution in [0.1, 0.15) is 11.7 Å². The van der Waals surface area contributed by atoms with E-state index in [-0.39, 0.29) is 23.1 Å². The van der Waals surface area contributed by atoms with Crippen LogP contribution in [0.25, 0.3) is 0 Å². The van der Waals surface area contributed by atoms with Gasteiger partial charge < -0.3 is 15.4 Å². The minimum absolute atomic E-state index is 0.0706. The van der Waals surface area contributed by atoms with Crippen molar-refractivity contribution < 1.29 is 14.5 Å². The summed E-state index contributed by atoms with van der Waals surface area (Å²) < 4.78 is 5.70. The number of rotatable bonds is 2. The number of nitro benzene ring substituents is 1. The highest BCUT2D eigenvalue weighted by Gasteiger charge is 2.40. The Hall–Kier alpha value is -2.77. The van der Waals surface area contributed by atoms with E-state index >= 15 is 0 Å². The van der Waals surface area contributed by atoms with Crippen LogP contribution in [0.5, 0.6) is 0 Å². The van der Waals surface area contributed by atoms with E-state index in [0.29, 0.717) is 27.0 Å². The molecule has 2 aliphatic heterocycles. The lowest BCUT2D eigenvalue weighted by molar-refractivity contribution is -0.384. The fourth-order valence-corrected chi connectivity index (χ4v) is 3.23. The fourth-order valence-electron chi connectivity index (χ4n) is 2.72. The zero-order valence-electron chi connectivity index (χ0n) is 12.4. The third kappa shape index (κ3) is 2.57. The van der Waals surface area contributed by atoms with Gasteiger partial charge in [-0.25, -0.2) is 0 Å². The Morgan fingerprint density at radius 2 is 1.88 bits per heavy atom. The molecule has 2 heterocycles. The van der Waals surface area contributed by atoms with Crippen molar-refractivity contribution >= 4 is 46.0 Å². The number of Topliss-reactive ketones (excluding diaryl/α,β-unsaturated/α-hetero) is 1. The van der Waals surface area contributed by atoms with Crippen LogP contribution >= 0.6 is 23.2 Å². The number of non-ortho nitro benzene ring substituents is 1. The summed E-state index contributed by atoms with van der Waals surface area (Å²) in [6.07, 6.45) is -0.918. The molecule has 0 saturated heterocycles. The molecule has 25 heavy (non-hydrogen) atoms. The highest BCUT2D eigenvalue weighted by atomic mass is 35.5. The zero-order valence-corrected chi connectivity index (χ0v) is 13.9. The fraction of sp³-hybridized carbons (Fsp3) is 0.0625. The van der Waals surface area contributed by atoms with Crippen molar-refractivity contribution in [3.05, 3.63) is 73.7 Å². The van der Waals surface area contributed by atoms with Crippen LogP contribution in [0.4, 0.5) is 17.1 Å². The van der Waals surface area contributed by atoms with E-state index in [1.165, 1.54) is 24.3 Å². The summed E-state index contributed by atoms with van der Waals surface area (Å²) in [5.41, 5.74) is 1.66. The summed E-state index contributed by atoms with van der Waals surface area (Å²) >= 11 is 12.0. The van der Waals surface area contributed by atoms with Gasteiger partial charge in [0, 0.05) is 27.7 Å². The number of carbonyl (C=O) groups is 1. The Morgan fingerprint density at radius 1 is 1.08 bits per heavy atom. The van der Waals surface area contributed by atoms with Gasteiger partial charge in [0.05, 0.1) is 16.3 Å². The molecular formula is C16H9Cl2N3O4. The number of ether oxygens (including phenoxy) is 1. The maximum Gasteiger partial charge on any atom is 0.271 e. The first-order chi connectivity index (χ1) is 11.9. The molecule has 0 radical (unpaired) electrons. The molecule has 2 aliphatic rings. The van der Waals surface area contributed by atoms with Gasteiger partial charge in [0.15, 0.2) is 6.10 Å². The molecule has 0 unspecified atom stereocenters. The quantitative estimate of drug-likeness (QED) is 0.600.